The number of nitrogens with one attached hydrogen (secondary N) is 1. The summed E-state index contributed by atoms with van der Waals surface area (Å²) in [4.78, 5) is 15.9. The van der Waals surface area contributed by atoms with Gasteiger partial charge in [0.25, 0.3) is 0 Å². The van der Waals surface area contributed by atoms with Gasteiger partial charge >= 0.3 is 0 Å². The number of halogens is 1. The molecule has 5 heteroatoms. The van der Waals surface area contributed by atoms with Crippen molar-refractivity contribution in [1.82, 2.24) is 4.98 Å². The van der Waals surface area contributed by atoms with Gasteiger partial charge in [0, 0.05) is 15.2 Å². The summed E-state index contributed by atoms with van der Waals surface area (Å²) in [5.41, 5.74) is 0.190. The number of hydrogen-bond acceptors (Lipinski definition) is 3. The molecule has 0 aromatic carbocycles. The molecule has 0 aliphatic heterocycles. The van der Waals surface area contributed by atoms with Crippen LogP contribution in [0.15, 0.2) is 12.3 Å². The van der Waals surface area contributed by atoms with Gasteiger partial charge in [0.05, 0.1) is 7.11 Å². The van der Waals surface area contributed by atoms with Gasteiger partial charge in [-0.3, -0.25) is 4.79 Å². The van der Waals surface area contributed by atoms with Crippen LogP contribution < -0.4 is 10.1 Å². The lowest BCUT2D eigenvalue weighted by molar-refractivity contribution is -0.123. The lowest BCUT2D eigenvalue weighted by atomic mass is 9.95. The molecule has 16 heavy (non-hydrogen) atoms. The number of amides is 1. The molecule has 0 spiro atoms. The molecule has 1 aromatic heterocycles. The first-order chi connectivity index (χ1) is 7.36. The molecule has 0 saturated heterocycles. The van der Waals surface area contributed by atoms with Crippen molar-refractivity contribution in [3.8, 4) is 5.88 Å². The Kier molecular flexibility index (Phi) is 4.12. The molecule has 0 unspecified atom stereocenters. The number of nitrogens with zero attached hydrogens (tertiary/aromatic N) is 1. The van der Waals surface area contributed by atoms with Crippen LogP contribution >= 0.6 is 22.6 Å². The molecule has 0 aliphatic rings. The lowest BCUT2D eigenvalue weighted by Crippen LogP contribution is -2.28. The highest BCUT2D eigenvalue weighted by molar-refractivity contribution is 14.1. The third kappa shape index (κ3) is 3.07. The van der Waals surface area contributed by atoms with Gasteiger partial charge in [0.2, 0.25) is 11.8 Å². The van der Waals surface area contributed by atoms with Gasteiger partial charge in [0.15, 0.2) is 0 Å². The molecule has 0 atom stereocenters. The maximum Gasteiger partial charge on any atom is 0.238 e. The van der Waals surface area contributed by atoms with Crippen molar-refractivity contribution in [2.75, 3.05) is 12.4 Å². The fourth-order valence-electron chi connectivity index (χ4n) is 0.989. The van der Waals surface area contributed by atoms with Crippen LogP contribution in [-0.4, -0.2) is 18.0 Å². The zero-order valence-electron chi connectivity index (χ0n) is 9.80. The second-order valence-electron chi connectivity index (χ2n) is 4.38. The lowest BCUT2D eigenvalue weighted by Gasteiger charge is -2.19. The highest BCUT2D eigenvalue weighted by atomic mass is 127. The molecule has 0 aliphatic carbocycles. The number of carbonyl (C=O) groups is 1. The SMILES string of the molecule is COc1nccc(I)c1NC(=O)C(C)(C)C. The molecule has 0 saturated carbocycles. The molecule has 0 bridgehead atoms. The summed E-state index contributed by atoms with van der Waals surface area (Å²) in [6.07, 6.45) is 1.65. The van der Waals surface area contributed by atoms with Gasteiger partial charge in [-0.1, -0.05) is 20.8 Å². The van der Waals surface area contributed by atoms with Crippen LogP contribution in [0.3, 0.4) is 0 Å². The molecule has 1 N–H and O–H groups in total. The van der Waals surface area contributed by atoms with Crippen molar-refractivity contribution >= 4 is 34.2 Å². The molecule has 0 fully saturated rings. The summed E-state index contributed by atoms with van der Waals surface area (Å²) in [5, 5.41) is 2.84. The summed E-state index contributed by atoms with van der Waals surface area (Å²) >= 11 is 2.14. The summed E-state index contributed by atoms with van der Waals surface area (Å²) in [6.45, 7) is 5.58. The van der Waals surface area contributed by atoms with Crippen molar-refractivity contribution in [3.63, 3.8) is 0 Å². The molecule has 1 heterocycles. The van der Waals surface area contributed by atoms with Gasteiger partial charge in [-0.25, -0.2) is 4.98 Å². The summed E-state index contributed by atoms with van der Waals surface area (Å²) in [7, 11) is 1.53. The Balaban J connectivity index is 3.01. The highest BCUT2D eigenvalue weighted by Gasteiger charge is 2.23. The van der Waals surface area contributed by atoms with Gasteiger partial charge in [-0.05, 0) is 28.7 Å². The maximum absolute atomic E-state index is 11.9. The minimum Gasteiger partial charge on any atom is -0.479 e. The van der Waals surface area contributed by atoms with Crippen LogP contribution in [0, 0.1) is 8.99 Å². The van der Waals surface area contributed by atoms with E-state index in [1.807, 2.05) is 26.8 Å². The number of aromatic nitrogens is 1. The van der Waals surface area contributed by atoms with Crippen molar-refractivity contribution in [1.29, 1.82) is 0 Å². The summed E-state index contributed by atoms with van der Waals surface area (Å²) in [6, 6.07) is 1.82. The van der Waals surface area contributed by atoms with Crippen LogP contribution in [0.4, 0.5) is 5.69 Å². The fourth-order valence-corrected chi connectivity index (χ4v) is 1.52. The fraction of sp³-hybridized carbons (Fsp3) is 0.455. The highest BCUT2D eigenvalue weighted by Crippen LogP contribution is 2.28. The summed E-state index contributed by atoms with van der Waals surface area (Å²) in [5.74, 6) is 0.376. The van der Waals surface area contributed by atoms with Crippen molar-refractivity contribution in [3.05, 3.63) is 15.8 Å². The Labute approximate surface area is 109 Å². The second kappa shape index (κ2) is 4.99. The Bertz CT molecular complexity index is 399. The standard InChI is InChI=1S/C11H15IN2O2/c1-11(2,3)10(15)14-8-7(12)5-6-13-9(8)16-4/h5-6H,1-4H3,(H,14,15). The molecular formula is C11H15IN2O2. The Morgan fingerprint density at radius 1 is 1.50 bits per heavy atom. The van der Waals surface area contributed by atoms with Crippen molar-refractivity contribution in [2.45, 2.75) is 20.8 Å². The van der Waals surface area contributed by atoms with Gasteiger partial charge in [-0.2, -0.15) is 0 Å². The Morgan fingerprint density at radius 3 is 2.62 bits per heavy atom. The van der Waals surface area contributed by atoms with E-state index in [4.69, 9.17) is 4.74 Å². The van der Waals surface area contributed by atoms with Crippen LogP contribution in [0.1, 0.15) is 20.8 Å². The van der Waals surface area contributed by atoms with Crippen LogP contribution in [0.25, 0.3) is 0 Å². The number of rotatable bonds is 2. The van der Waals surface area contributed by atoms with E-state index < -0.39 is 5.41 Å². The average Bonchev–Trinajstić information content (AvgIpc) is 2.19. The largest absolute Gasteiger partial charge is 0.479 e. The Hall–Kier alpha value is -0.850. The third-order valence-electron chi connectivity index (χ3n) is 1.98. The molecule has 1 rings (SSSR count). The number of hydrogen-bond donors (Lipinski definition) is 1. The first-order valence-electron chi connectivity index (χ1n) is 4.86. The molecule has 0 radical (unpaired) electrons. The molecular weight excluding hydrogens is 319 g/mol. The first-order valence-corrected chi connectivity index (χ1v) is 5.94. The van der Waals surface area contributed by atoms with Crippen LogP contribution in [0.2, 0.25) is 0 Å². The number of ether oxygens (including phenoxy) is 1. The van der Waals surface area contributed by atoms with E-state index in [0.717, 1.165) is 3.57 Å². The van der Waals surface area contributed by atoms with E-state index in [9.17, 15) is 4.79 Å². The predicted octanol–water partition coefficient (Wildman–Crippen LogP) is 2.68. The number of methoxy groups -OCH3 is 1. The summed E-state index contributed by atoms with van der Waals surface area (Å²) < 4.78 is 6.01. The normalized spacial score (nSPS) is 11.1. The van der Waals surface area contributed by atoms with Crippen LogP contribution in [-0.2, 0) is 4.79 Å². The monoisotopic (exact) mass is 334 g/mol. The minimum atomic E-state index is -0.441. The van der Waals surface area contributed by atoms with Gasteiger partial charge < -0.3 is 10.1 Å². The Morgan fingerprint density at radius 2 is 2.12 bits per heavy atom. The van der Waals surface area contributed by atoms with E-state index in [0.29, 0.717) is 11.6 Å². The molecule has 1 aromatic rings. The van der Waals surface area contributed by atoms with E-state index in [1.54, 1.807) is 6.20 Å². The maximum atomic E-state index is 11.9. The molecule has 88 valence electrons. The average molecular weight is 334 g/mol. The number of pyridine rings is 1. The molecule has 1 amide bonds. The van der Waals surface area contributed by atoms with Crippen molar-refractivity contribution in [2.24, 2.45) is 5.41 Å². The third-order valence-corrected chi connectivity index (χ3v) is 2.88. The van der Waals surface area contributed by atoms with E-state index in [2.05, 4.69) is 32.9 Å². The topological polar surface area (TPSA) is 51.2 Å². The number of carbonyl (C=O) groups excluding carboxylic acids is 1. The van der Waals surface area contributed by atoms with Crippen LogP contribution in [0.5, 0.6) is 5.88 Å². The minimum absolute atomic E-state index is 0.0586. The second-order valence-corrected chi connectivity index (χ2v) is 5.54. The smallest absolute Gasteiger partial charge is 0.238 e. The zero-order chi connectivity index (χ0) is 12.3. The van der Waals surface area contributed by atoms with E-state index in [1.165, 1.54) is 7.11 Å². The van der Waals surface area contributed by atoms with E-state index >= 15 is 0 Å². The molecule has 4 nitrogen and oxygen atoms in total. The zero-order valence-corrected chi connectivity index (χ0v) is 12.0. The first kappa shape index (κ1) is 13.2. The quantitative estimate of drug-likeness (QED) is 0.846. The number of anilines is 1. The van der Waals surface area contributed by atoms with Gasteiger partial charge in [-0.15, -0.1) is 0 Å². The van der Waals surface area contributed by atoms with E-state index in [-0.39, 0.29) is 5.91 Å². The van der Waals surface area contributed by atoms with Gasteiger partial charge in [0.1, 0.15) is 5.69 Å². The van der Waals surface area contributed by atoms with Crippen molar-refractivity contribution < 1.29 is 9.53 Å². The predicted molar refractivity (Wildman–Crippen MR) is 71.6 cm³/mol.